The van der Waals surface area contributed by atoms with Crippen LogP contribution < -0.4 is 4.48 Å². The number of carbonyl (C=O) groups excluding carboxylic acids is 1. The third-order valence-corrected chi connectivity index (χ3v) is 4.58. The number of ether oxygens (including phenoxy) is 2. The number of fused-ring (bicyclic) bond motifs is 1. The monoisotopic (exact) mass is 288 g/mol. The van der Waals surface area contributed by atoms with Crippen molar-refractivity contribution in [2.75, 3.05) is 20.8 Å². The van der Waals surface area contributed by atoms with Crippen LogP contribution in [0.2, 0.25) is 0 Å². The average Bonchev–Trinajstić information content (AvgIpc) is 2.79. The molecule has 0 bridgehead atoms. The number of benzene rings is 1. The van der Waals surface area contributed by atoms with Gasteiger partial charge in [0.05, 0.1) is 26.3 Å². The van der Waals surface area contributed by atoms with Crippen molar-refractivity contribution in [2.24, 2.45) is 0 Å². The Kier molecular flexibility index (Phi) is 3.59. The smallest absolute Gasteiger partial charge is 0.338 e. The van der Waals surface area contributed by atoms with Gasteiger partial charge in [-0.1, -0.05) is 0 Å². The Morgan fingerprint density at radius 1 is 1.38 bits per heavy atom. The van der Waals surface area contributed by atoms with Crippen molar-refractivity contribution >= 4 is 17.2 Å². The standard InChI is InChI=1S/C17H22NO3/c1-12-11-18(2,16-6-4-5-9-21-16)15-10-13(17(19)20-3)7-8-14(12)15/h7-8,10-11,16H,4-6,9H2,1-3H3/q+1. The molecule has 0 aliphatic carbocycles. The topological polar surface area (TPSA) is 35.5 Å². The molecule has 112 valence electrons. The molecule has 2 atom stereocenters. The predicted molar refractivity (Wildman–Crippen MR) is 82.7 cm³/mol. The molecule has 0 radical (unpaired) electrons. The molecule has 0 spiro atoms. The number of rotatable bonds is 2. The first-order chi connectivity index (χ1) is 10.1. The van der Waals surface area contributed by atoms with E-state index in [0.29, 0.717) is 10.0 Å². The van der Waals surface area contributed by atoms with E-state index in [2.05, 4.69) is 20.2 Å². The van der Waals surface area contributed by atoms with E-state index >= 15 is 0 Å². The molecule has 2 heterocycles. The SMILES string of the molecule is COC(=O)c1ccc2c(c1)[N+](C)(C1CCCCO1)C=C2C. The summed E-state index contributed by atoms with van der Waals surface area (Å²) in [6, 6.07) is 5.80. The molecule has 1 aromatic rings. The van der Waals surface area contributed by atoms with Crippen LogP contribution in [0.1, 0.15) is 42.1 Å². The number of methoxy groups -OCH3 is 1. The maximum absolute atomic E-state index is 11.8. The molecule has 0 amide bonds. The van der Waals surface area contributed by atoms with Gasteiger partial charge in [0.1, 0.15) is 11.9 Å². The first kappa shape index (κ1) is 14.3. The van der Waals surface area contributed by atoms with Gasteiger partial charge in [-0.3, -0.25) is 0 Å². The molecule has 0 saturated carbocycles. The van der Waals surface area contributed by atoms with Crippen molar-refractivity contribution in [1.82, 2.24) is 4.48 Å². The normalized spacial score (nSPS) is 28.0. The van der Waals surface area contributed by atoms with Gasteiger partial charge in [-0.2, -0.15) is 0 Å². The molecule has 1 fully saturated rings. The van der Waals surface area contributed by atoms with Crippen molar-refractivity contribution in [3.8, 4) is 0 Å². The summed E-state index contributed by atoms with van der Waals surface area (Å²) in [5.41, 5.74) is 4.15. The zero-order valence-electron chi connectivity index (χ0n) is 12.9. The molecular formula is C17H22NO3+. The van der Waals surface area contributed by atoms with Crippen LogP contribution in [0.15, 0.2) is 24.4 Å². The summed E-state index contributed by atoms with van der Waals surface area (Å²) >= 11 is 0. The third kappa shape index (κ3) is 2.28. The number of hydrogen-bond acceptors (Lipinski definition) is 3. The minimum atomic E-state index is -0.293. The van der Waals surface area contributed by atoms with Gasteiger partial charge in [0.15, 0.2) is 0 Å². The van der Waals surface area contributed by atoms with Gasteiger partial charge in [-0.15, -0.1) is 0 Å². The molecule has 4 heteroatoms. The van der Waals surface area contributed by atoms with Crippen LogP contribution in [0.3, 0.4) is 0 Å². The summed E-state index contributed by atoms with van der Waals surface area (Å²) in [5, 5.41) is 0. The maximum Gasteiger partial charge on any atom is 0.338 e. The largest absolute Gasteiger partial charge is 0.465 e. The van der Waals surface area contributed by atoms with Crippen LogP contribution in [0.25, 0.3) is 5.57 Å². The Labute approximate surface area is 125 Å². The van der Waals surface area contributed by atoms with Gasteiger partial charge in [0.2, 0.25) is 6.23 Å². The summed E-state index contributed by atoms with van der Waals surface area (Å²) in [5.74, 6) is -0.293. The maximum atomic E-state index is 11.8. The van der Waals surface area contributed by atoms with Gasteiger partial charge in [-0.25, -0.2) is 9.28 Å². The lowest BCUT2D eigenvalue weighted by molar-refractivity contribution is -0.0517. The summed E-state index contributed by atoms with van der Waals surface area (Å²) in [7, 11) is 3.57. The van der Waals surface area contributed by atoms with Crippen molar-refractivity contribution in [3.63, 3.8) is 0 Å². The van der Waals surface area contributed by atoms with E-state index in [4.69, 9.17) is 9.47 Å². The minimum Gasteiger partial charge on any atom is -0.465 e. The van der Waals surface area contributed by atoms with Crippen LogP contribution in [-0.2, 0) is 9.47 Å². The molecule has 2 unspecified atom stereocenters. The van der Waals surface area contributed by atoms with Crippen LogP contribution in [0, 0.1) is 0 Å². The van der Waals surface area contributed by atoms with Gasteiger partial charge in [0, 0.05) is 23.6 Å². The molecule has 2 aliphatic rings. The lowest BCUT2D eigenvalue weighted by atomic mass is 10.0. The van der Waals surface area contributed by atoms with E-state index in [9.17, 15) is 4.79 Å². The van der Waals surface area contributed by atoms with E-state index in [-0.39, 0.29) is 12.2 Å². The van der Waals surface area contributed by atoms with Gasteiger partial charge in [-0.05, 0) is 31.9 Å². The van der Waals surface area contributed by atoms with Crippen molar-refractivity contribution in [3.05, 3.63) is 35.5 Å². The van der Waals surface area contributed by atoms with Crippen molar-refractivity contribution in [2.45, 2.75) is 32.4 Å². The Morgan fingerprint density at radius 3 is 2.86 bits per heavy atom. The van der Waals surface area contributed by atoms with E-state index < -0.39 is 0 Å². The number of carbonyl (C=O) groups is 1. The second kappa shape index (κ2) is 5.28. The van der Waals surface area contributed by atoms with Crippen LogP contribution in [-0.4, -0.2) is 33.0 Å². The van der Waals surface area contributed by atoms with Crippen molar-refractivity contribution in [1.29, 1.82) is 0 Å². The average molecular weight is 288 g/mol. The molecule has 4 nitrogen and oxygen atoms in total. The number of nitrogens with zero attached hydrogens (tertiary/aromatic N) is 1. The lowest BCUT2D eigenvalue weighted by Gasteiger charge is -2.37. The number of hydrogen-bond donors (Lipinski definition) is 0. The second-order valence-corrected chi connectivity index (χ2v) is 6.00. The number of esters is 1. The first-order valence-corrected chi connectivity index (χ1v) is 7.46. The summed E-state index contributed by atoms with van der Waals surface area (Å²) in [4.78, 5) is 11.8. The second-order valence-electron chi connectivity index (χ2n) is 6.00. The highest BCUT2D eigenvalue weighted by Gasteiger charge is 2.42. The van der Waals surface area contributed by atoms with Gasteiger partial charge >= 0.3 is 5.97 Å². The first-order valence-electron chi connectivity index (χ1n) is 7.46. The van der Waals surface area contributed by atoms with Crippen LogP contribution in [0.5, 0.6) is 0 Å². The highest BCUT2D eigenvalue weighted by molar-refractivity contribution is 5.93. The highest BCUT2D eigenvalue weighted by Crippen LogP contribution is 2.43. The van der Waals surface area contributed by atoms with Crippen LogP contribution >= 0.6 is 0 Å². The zero-order chi connectivity index (χ0) is 15.0. The Hall–Kier alpha value is -1.65. The molecule has 1 saturated heterocycles. The van der Waals surface area contributed by atoms with Crippen molar-refractivity contribution < 1.29 is 14.3 Å². The number of quaternary nitrogens is 1. The molecular weight excluding hydrogens is 266 g/mol. The van der Waals surface area contributed by atoms with E-state index in [0.717, 1.165) is 25.1 Å². The zero-order valence-corrected chi connectivity index (χ0v) is 12.9. The van der Waals surface area contributed by atoms with Gasteiger partial charge < -0.3 is 9.47 Å². The molecule has 0 N–H and O–H groups in total. The predicted octanol–water partition coefficient (Wildman–Crippen LogP) is 3.31. The summed E-state index contributed by atoms with van der Waals surface area (Å²) < 4.78 is 11.5. The summed E-state index contributed by atoms with van der Waals surface area (Å²) in [6.07, 6.45) is 5.73. The van der Waals surface area contributed by atoms with E-state index in [1.165, 1.54) is 24.7 Å². The third-order valence-electron chi connectivity index (χ3n) is 4.58. The molecule has 0 aromatic heterocycles. The van der Waals surface area contributed by atoms with E-state index in [1.807, 2.05) is 18.2 Å². The quantitative estimate of drug-likeness (QED) is 0.618. The molecule has 21 heavy (non-hydrogen) atoms. The Bertz CT molecular complexity index is 602. The summed E-state index contributed by atoms with van der Waals surface area (Å²) in [6.45, 7) is 2.93. The van der Waals surface area contributed by atoms with Crippen LogP contribution in [0.4, 0.5) is 5.69 Å². The Balaban J connectivity index is 2.04. The fourth-order valence-electron chi connectivity index (χ4n) is 3.43. The molecule has 2 aliphatic heterocycles. The minimum absolute atomic E-state index is 0.128. The molecule has 3 rings (SSSR count). The van der Waals surface area contributed by atoms with E-state index in [1.54, 1.807) is 0 Å². The Morgan fingerprint density at radius 2 is 2.19 bits per heavy atom. The fourth-order valence-corrected chi connectivity index (χ4v) is 3.43. The highest BCUT2D eigenvalue weighted by atomic mass is 16.5. The fraction of sp³-hybridized carbons (Fsp3) is 0.471. The lowest BCUT2D eigenvalue weighted by Crippen LogP contribution is -2.50. The number of allylic oxidation sites excluding steroid dienone is 1. The molecule has 1 aromatic carbocycles. The van der Waals surface area contributed by atoms with Gasteiger partial charge in [0.25, 0.3) is 0 Å².